The van der Waals surface area contributed by atoms with E-state index in [9.17, 15) is 13.2 Å². The predicted octanol–water partition coefficient (Wildman–Crippen LogP) is 2.67. The molecule has 1 aromatic heterocycles. The average molecular weight is 437 g/mol. The standard InChI is InChI=1S/C20H25ClN4O3S/c1-15-4-7-18(8-5-15)29(27,28)23-11-16-3-2-10-25(13-16)14-20(26)24-19-9-6-17(21)12-22-19/h4-9,12,16,23H,2-3,10-11,13-14H2,1H3,(H,22,24,26). The van der Waals surface area contributed by atoms with E-state index < -0.39 is 10.0 Å². The van der Waals surface area contributed by atoms with Crippen LogP contribution in [0.15, 0.2) is 47.5 Å². The lowest BCUT2D eigenvalue weighted by molar-refractivity contribution is -0.117. The molecule has 1 unspecified atom stereocenters. The van der Waals surface area contributed by atoms with Crippen molar-refractivity contribution in [3.05, 3.63) is 53.2 Å². The number of aryl methyl sites for hydroxylation is 1. The van der Waals surface area contributed by atoms with E-state index >= 15 is 0 Å². The molecule has 2 aromatic rings. The number of nitrogens with one attached hydrogen (secondary N) is 2. The molecule has 2 N–H and O–H groups in total. The van der Waals surface area contributed by atoms with E-state index in [0.717, 1.165) is 24.9 Å². The van der Waals surface area contributed by atoms with Gasteiger partial charge in [-0.1, -0.05) is 29.3 Å². The largest absolute Gasteiger partial charge is 0.310 e. The number of halogens is 1. The number of piperidine rings is 1. The highest BCUT2D eigenvalue weighted by Gasteiger charge is 2.24. The first-order valence-electron chi connectivity index (χ1n) is 9.52. The minimum absolute atomic E-state index is 0.152. The number of nitrogens with zero attached hydrogens (tertiary/aromatic N) is 2. The topological polar surface area (TPSA) is 91.4 Å². The molecule has 1 saturated heterocycles. The Hall–Kier alpha value is -2.00. The highest BCUT2D eigenvalue weighted by Crippen LogP contribution is 2.17. The van der Waals surface area contributed by atoms with Crippen molar-refractivity contribution < 1.29 is 13.2 Å². The van der Waals surface area contributed by atoms with Gasteiger partial charge in [0.1, 0.15) is 5.82 Å². The molecule has 0 radical (unpaired) electrons. The summed E-state index contributed by atoms with van der Waals surface area (Å²) in [5, 5.41) is 3.26. The van der Waals surface area contributed by atoms with Crippen LogP contribution in [0.4, 0.5) is 5.82 Å². The number of likely N-dealkylation sites (tertiary alicyclic amines) is 1. The molecule has 1 amide bonds. The predicted molar refractivity (Wildman–Crippen MR) is 113 cm³/mol. The van der Waals surface area contributed by atoms with Crippen LogP contribution < -0.4 is 10.0 Å². The van der Waals surface area contributed by atoms with Gasteiger partial charge in [0.15, 0.2) is 0 Å². The number of anilines is 1. The first-order chi connectivity index (χ1) is 13.8. The van der Waals surface area contributed by atoms with Crippen molar-refractivity contribution in [2.24, 2.45) is 5.92 Å². The number of sulfonamides is 1. The third-order valence-corrected chi connectivity index (χ3v) is 6.52. The Morgan fingerprint density at radius 2 is 2.00 bits per heavy atom. The van der Waals surface area contributed by atoms with E-state index in [2.05, 4.69) is 15.0 Å². The molecule has 0 aliphatic carbocycles. The molecule has 1 aromatic carbocycles. The Balaban J connectivity index is 1.49. The van der Waals surface area contributed by atoms with Crippen molar-refractivity contribution in [2.45, 2.75) is 24.7 Å². The van der Waals surface area contributed by atoms with Gasteiger partial charge in [0.25, 0.3) is 0 Å². The Kier molecular flexibility index (Phi) is 7.23. The lowest BCUT2D eigenvalue weighted by atomic mass is 9.98. The summed E-state index contributed by atoms with van der Waals surface area (Å²) in [7, 11) is -3.53. The number of benzene rings is 1. The summed E-state index contributed by atoms with van der Waals surface area (Å²) >= 11 is 5.80. The number of pyridine rings is 1. The fourth-order valence-corrected chi connectivity index (χ4v) is 4.55. The molecule has 2 heterocycles. The van der Waals surface area contributed by atoms with Crippen LogP contribution in [-0.2, 0) is 14.8 Å². The Labute approximate surface area is 176 Å². The maximum Gasteiger partial charge on any atom is 0.240 e. The molecule has 29 heavy (non-hydrogen) atoms. The zero-order valence-corrected chi connectivity index (χ0v) is 17.8. The van der Waals surface area contributed by atoms with Crippen LogP contribution in [0.2, 0.25) is 5.02 Å². The maximum atomic E-state index is 12.5. The second kappa shape index (κ2) is 9.67. The van der Waals surface area contributed by atoms with E-state index in [0.29, 0.717) is 23.9 Å². The van der Waals surface area contributed by atoms with Gasteiger partial charge in [-0.2, -0.15) is 0 Å². The van der Waals surface area contributed by atoms with Gasteiger partial charge in [-0.05, 0) is 56.5 Å². The number of amides is 1. The highest BCUT2D eigenvalue weighted by atomic mass is 35.5. The Morgan fingerprint density at radius 3 is 2.69 bits per heavy atom. The van der Waals surface area contributed by atoms with Gasteiger partial charge in [-0.3, -0.25) is 9.69 Å². The van der Waals surface area contributed by atoms with E-state index in [-0.39, 0.29) is 23.3 Å². The van der Waals surface area contributed by atoms with E-state index in [1.807, 2.05) is 11.8 Å². The number of rotatable bonds is 7. The lowest BCUT2D eigenvalue weighted by Gasteiger charge is -2.32. The van der Waals surface area contributed by atoms with Gasteiger partial charge < -0.3 is 5.32 Å². The summed E-state index contributed by atoms with van der Waals surface area (Å²) < 4.78 is 27.6. The Morgan fingerprint density at radius 1 is 1.24 bits per heavy atom. The molecular formula is C20H25ClN4O3S. The maximum absolute atomic E-state index is 12.5. The van der Waals surface area contributed by atoms with Gasteiger partial charge in [0.05, 0.1) is 16.5 Å². The van der Waals surface area contributed by atoms with Crippen LogP contribution in [0.1, 0.15) is 18.4 Å². The fraction of sp³-hybridized carbons (Fsp3) is 0.400. The number of aromatic nitrogens is 1. The average Bonchev–Trinajstić information content (AvgIpc) is 2.69. The first kappa shape index (κ1) is 21.7. The van der Waals surface area contributed by atoms with Crippen LogP contribution in [0, 0.1) is 12.8 Å². The van der Waals surface area contributed by atoms with Crippen LogP contribution in [0.25, 0.3) is 0 Å². The summed E-state index contributed by atoms with van der Waals surface area (Å²) in [6, 6.07) is 10.1. The third-order valence-electron chi connectivity index (χ3n) is 4.86. The van der Waals surface area contributed by atoms with Crippen LogP contribution >= 0.6 is 11.6 Å². The molecule has 1 fully saturated rings. The van der Waals surface area contributed by atoms with E-state index in [1.165, 1.54) is 6.20 Å². The van der Waals surface area contributed by atoms with Crippen molar-refractivity contribution in [2.75, 3.05) is 31.5 Å². The molecule has 1 aliphatic heterocycles. The molecule has 1 aliphatic rings. The monoisotopic (exact) mass is 436 g/mol. The van der Waals surface area contributed by atoms with Gasteiger partial charge in [0.2, 0.25) is 15.9 Å². The minimum atomic E-state index is -3.53. The number of hydrogen-bond acceptors (Lipinski definition) is 5. The van der Waals surface area contributed by atoms with Crippen LogP contribution in [0.3, 0.4) is 0 Å². The molecule has 7 nitrogen and oxygen atoms in total. The highest BCUT2D eigenvalue weighted by molar-refractivity contribution is 7.89. The summed E-state index contributed by atoms with van der Waals surface area (Å²) in [5.74, 6) is 0.463. The third kappa shape index (κ3) is 6.50. The Bertz CT molecular complexity index is 933. The van der Waals surface area contributed by atoms with Gasteiger partial charge in [-0.25, -0.2) is 18.1 Å². The quantitative estimate of drug-likeness (QED) is 0.696. The molecular weight excluding hydrogens is 412 g/mol. The normalized spacial score (nSPS) is 17.8. The second-order valence-electron chi connectivity index (χ2n) is 7.32. The van der Waals surface area contributed by atoms with Crippen LogP contribution in [-0.4, -0.2) is 50.4 Å². The fourth-order valence-electron chi connectivity index (χ4n) is 3.33. The van der Waals surface area contributed by atoms with Crippen LogP contribution in [0.5, 0.6) is 0 Å². The van der Waals surface area contributed by atoms with Crippen molar-refractivity contribution in [3.63, 3.8) is 0 Å². The van der Waals surface area contributed by atoms with Crippen molar-refractivity contribution >= 4 is 33.3 Å². The smallest absolute Gasteiger partial charge is 0.240 e. The molecule has 1 atom stereocenters. The lowest BCUT2D eigenvalue weighted by Crippen LogP contribution is -2.43. The SMILES string of the molecule is Cc1ccc(S(=O)(=O)NCC2CCCN(CC(=O)Nc3ccc(Cl)cn3)C2)cc1. The van der Waals surface area contributed by atoms with Gasteiger partial charge >= 0.3 is 0 Å². The molecule has 0 saturated carbocycles. The molecule has 9 heteroatoms. The zero-order valence-electron chi connectivity index (χ0n) is 16.3. The van der Waals surface area contributed by atoms with Gasteiger partial charge in [-0.15, -0.1) is 0 Å². The summed E-state index contributed by atoms with van der Waals surface area (Å²) in [5.41, 5.74) is 1.01. The molecule has 0 spiro atoms. The van der Waals surface area contributed by atoms with E-state index in [4.69, 9.17) is 11.6 Å². The van der Waals surface area contributed by atoms with Crippen molar-refractivity contribution in [3.8, 4) is 0 Å². The zero-order chi connectivity index (χ0) is 20.9. The summed E-state index contributed by atoms with van der Waals surface area (Å²) in [6.07, 6.45) is 3.32. The van der Waals surface area contributed by atoms with Gasteiger partial charge in [0, 0.05) is 19.3 Å². The first-order valence-corrected chi connectivity index (χ1v) is 11.4. The molecule has 0 bridgehead atoms. The van der Waals surface area contributed by atoms with Crippen molar-refractivity contribution in [1.29, 1.82) is 0 Å². The molecule has 3 rings (SSSR count). The number of carbonyl (C=O) groups is 1. The van der Waals surface area contributed by atoms with Crippen molar-refractivity contribution in [1.82, 2.24) is 14.6 Å². The summed E-state index contributed by atoms with van der Waals surface area (Å²) in [6.45, 7) is 3.98. The second-order valence-corrected chi connectivity index (χ2v) is 9.52. The minimum Gasteiger partial charge on any atom is -0.310 e. The molecule has 156 valence electrons. The summed E-state index contributed by atoms with van der Waals surface area (Å²) in [4.78, 5) is 18.6. The number of hydrogen-bond donors (Lipinski definition) is 2. The number of carbonyl (C=O) groups excluding carboxylic acids is 1. The van der Waals surface area contributed by atoms with E-state index in [1.54, 1.807) is 36.4 Å².